The number of methoxy groups -OCH3 is 2. The van der Waals surface area contributed by atoms with Crippen molar-refractivity contribution in [2.45, 2.75) is 26.2 Å². The van der Waals surface area contributed by atoms with Crippen LogP contribution in [0.5, 0.6) is 23.0 Å². The highest BCUT2D eigenvalue weighted by atomic mass is 16.5. The largest absolute Gasteiger partial charge is 0.493 e. The number of nitrogens with zero attached hydrogens (tertiary/aromatic N) is 3. The zero-order valence-electron chi connectivity index (χ0n) is 22.9. The van der Waals surface area contributed by atoms with Crippen molar-refractivity contribution in [3.05, 3.63) is 79.0 Å². The number of carbonyl (C=O) groups excluding carboxylic acids is 1. The van der Waals surface area contributed by atoms with E-state index in [4.69, 9.17) is 14.2 Å². The molecule has 0 unspecified atom stereocenters. The normalized spacial score (nSPS) is 11.2. The first-order valence-corrected chi connectivity index (χ1v) is 12.6. The van der Waals surface area contributed by atoms with Gasteiger partial charge in [0.15, 0.2) is 17.3 Å². The maximum absolute atomic E-state index is 12.9. The van der Waals surface area contributed by atoms with Crippen LogP contribution in [-0.2, 0) is 5.41 Å². The van der Waals surface area contributed by atoms with Crippen LogP contribution in [0.1, 0.15) is 26.6 Å². The van der Waals surface area contributed by atoms with Gasteiger partial charge < -0.3 is 24.5 Å². The van der Waals surface area contributed by atoms with Crippen LogP contribution in [0.15, 0.2) is 73.2 Å². The number of pyridine rings is 2. The van der Waals surface area contributed by atoms with E-state index in [1.54, 1.807) is 69.2 Å². The van der Waals surface area contributed by atoms with E-state index in [0.717, 1.165) is 16.8 Å². The first kappa shape index (κ1) is 26.5. The molecule has 10 heteroatoms. The fraction of sp³-hybridized carbons (Fsp3) is 0.200. The standard InChI is InChI=1S/C30H30N6O4/c1-30(2,3)28-34-26(18-7-6-13-31-17-18)27(35-28)36-29(37)33-19-8-10-20(11-9-19)40-23-12-14-32-22-16-25(39-5)24(38-4)15-21(22)23/h6-17H,1-5H3,(H,34,35)(H2,33,36,37). The van der Waals surface area contributed by atoms with E-state index in [-0.39, 0.29) is 5.41 Å². The molecule has 0 atom stereocenters. The molecular formula is C30H30N6O4. The number of carbonyl (C=O) groups is 1. The molecule has 0 fully saturated rings. The van der Waals surface area contributed by atoms with Gasteiger partial charge in [-0.2, -0.15) is 0 Å². The zero-order valence-corrected chi connectivity index (χ0v) is 22.9. The quantitative estimate of drug-likeness (QED) is 0.209. The van der Waals surface area contributed by atoms with Gasteiger partial charge in [-0.15, -0.1) is 0 Å². The zero-order chi connectivity index (χ0) is 28.3. The van der Waals surface area contributed by atoms with Crippen LogP contribution in [-0.4, -0.2) is 40.2 Å². The number of fused-ring (bicyclic) bond motifs is 1. The molecule has 0 aliphatic carbocycles. The molecule has 3 aromatic heterocycles. The van der Waals surface area contributed by atoms with Crippen molar-refractivity contribution in [2.24, 2.45) is 0 Å². The van der Waals surface area contributed by atoms with Crippen molar-refractivity contribution in [1.29, 1.82) is 0 Å². The molecule has 40 heavy (non-hydrogen) atoms. The summed E-state index contributed by atoms with van der Waals surface area (Å²) in [6.45, 7) is 6.15. The Morgan fingerprint density at radius 1 is 0.900 bits per heavy atom. The lowest BCUT2D eigenvalue weighted by atomic mass is 9.96. The van der Waals surface area contributed by atoms with Gasteiger partial charge in [0.05, 0.1) is 25.4 Å². The van der Waals surface area contributed by atoms with E-state index < -0.39 is 6.03 Å². The second-order valence-electron chi connectivity index (χ2n) is 10.0. The van der Waals surface area contributed by atoms with Gasteiger partial charge in [0, 0.05) is 46.7 Å². The fourth-order valence-electron chi connectivity index (χ4n) is 4.08. The van der Waals surface area contributed by atoms with Crippen LogP contribution in [0.2, 0.25) is 0 Å². The van der Waals surface area contributed by atoms with Crippen molar-refractivity contribution in [3.63, 3.8) is 0 Å². The van der Waals surface area contributed by atoms with Crippen LogP contribution in [0.3, 0.4) is 0 Å². The van der Waals surface area contributed by atoms with Crippen LogP contribution in [0.25, 0.3) is 22.2 Å². The third kappa shape index (κ3) is 5.65. The molecule has 0 aliphatic heterocycles. The number of urea groups is 1. The summed E-state index contributed by atoms with van der Waals surface area (Å²) in [5.74, 6) is 3.55. The molecule has 0 bridgehead atoms. The molecule has 204 valence electrons. The number of aromatic nitrogens is 4. The second-order valence-corrected chi connectivity index (χ2v) is 10.0. The number of nitrogens with one attached hydrogen (secondary N) is 3. The summed E-state index contributed by atoms with van der Waals surface area (Å²) in [5, 5.41) is 6.49. The lowest BCUT2D eigenvalue weighted by Crippen LogP contribution is -2.20. The Morgan fingerprint density at radius 3 is 2.33 bits per heavy atom. The molecule has 3 heterocycles. The number of aromatic amines is 1. The summed E-state index contributed by atoms with van der Waals surface area (Å²) in [6, 6.07) is 15.8. The summed E-state index contributed by atoms with van der Waals surface area (Å²) in [5.41, 5.74) is 2.58. The average molecular weight is 539 g/mol. The number of rotatable bonds is 7. The average Bonchev–Trinajstić information content (AvgIpc) is 3.38. The van der Waals surface area contributed by atoms with Gasteiger partial charge in [0.25, 0.3) is 0 Å². The molecule has 0 saturated heterocycles. The van der Waals surface area contributed by atoms with E-state index in [1.807, 2.05) is 18.2 Å². The molecule has 0 radical (unpaired) electrons. The first-order chi connectivity index (χ1) is 19.2. The van der Waals surface area contributed by atoms with E-state index in [0.29, 0.717) is 45.7 Å². The Hall–Kier alpha value is -5.12. The third-order valence-electron chi connectivity index (χ3n) is 6.14. The first-order valence-electron chi connectivity index (χ1n) is 12.6. The maximum Gasteiger partial charge on any atom is 0.324 e. The highest BCUT2D eigenvalue weighted by Crippen LogP contribution is 2.37. The number of amides is 2. The molecule has 5 rings (SSSR count). The monoisotopic (exact) mass is 538 g/mol. The summed E-state index contributed by atoms with van der Waals surface area (Å²) in [7, 11) is 3.16. The van der Waals surface area contributed by atoms with Gasteiger partial charge in [0.2, 0.25) is 0 Å². The minimum atomic E-state index is -0.424. The number of H-pyrrole nitrogens is 1. The van der Waals surface area contributed by atoms with Gasteiger partial charge in [-0.05, 0) is 48.5 Å². The topological polar surface area (TPSA) is 123 Å². The molecule has 5 aromatic rings. The van der Waals surface area contributed by atoms with Gasteiger partial charge >= 0.3 is 6.03 Å². The highest BCUT2D eigenvalue weighted by molar-refractivity contribution is 6.01. The molecule has 0 aliphatic rings. The van der Waals surface area contributed by atoms with Crippen molar-refractivity contribution in [3.8, 4) is 34.3 Å². The van der Waals surface area contributed by atoms with Crippen molar-refractivity contribution in [1.82, 2.24) is 19.9 Å². The van der Waals surface area contributed by atoms with Crippen LogP contribution >= 0.6 is 0 Å². The SMILES string of the molecule is COc1cc2nccc(Oc3ccc(NC(=O)Nc4nc(C(C)(C)C)[nH]c4-c4cccnc4)cc3)c2cc1OC. The third-order valence-corrected chi connectivity index (χ3v) is 6.14. The van der Waals surface area contributed by atoms with Gasteiger partial charge in [0.1, 0.15) is 17.3 Å². The number of anilines is 2. The number of hydrogen-bond acceptors (Lipinski definition) is 7. The summed E-state index contributed by atoms with van der Waals surface area (Å²) < 4.78 is 16.9. The van der Waals surface area contributed by atoms with Crippen molar-refractivity contribution >= 4 is 28.4 Å². The lowest BCUT2D eigenvalue weighted by Gasteiger charge is -2.14. The number of imidazole rings is 1. The van der Waals surface area contributed by atoms with Crippen molar-refractivity contribution < 1.29 is 19.0 Å². The van der Waals surface area contributed by atoms with E-state index >= 15 is 0 Å². The Morgan fingerprint density at radius 2 is 1.65 bits per heavy atom. The Kier molecular flexibility index (Phi) is 7.24. The Bertz CT molecular complexity index is 1640. The van der Waals surface area contributed by atoms with Gasteiger partial charge in [-0.25, -0.2) is 9.78 Å². The summed E-state index contributed by atoms with van der Waals surface area (Å²) in [6.07, 6.45) is 5.09. The highest BCUT2D eigenvalue weighted by Gasteiger charge is 2.23. The molecule has 2 amide bonds. The fourth-order valence-corrected chi connectivity index (χ4v) is 4.08. The summed E-state index contributed by atoms with van der Waals surface area (Å²) in [4.78, 5) is 29.5. The van der Waals surface area contributed by atoms with Crippen LogP contribution in [0.4, 0.5) is 16.3 Å². The van der Waals surface area contributed by atoms with Gasteiger partial charge in [-0.3, -0.25) is 15.3 Å². The molecule has 10 nitrogen and oxygen atoms in total. The lowest BCUT2D eigenvalue weighted by molar-refractivity contribution is 0.262. The molecule has 2 aromatic carbocycles. The molecule has 0 saturated carbocycles. The van der Waals surface area contributed by atoms with E-state index in [9.17, 15) is 4.79 Å². The minimum Gasteiger partial charge on any atom is -0.493 e. The smallest absolute Gasteiger partial charge is 0.324 e. The van der Waals surface area contributed by atoms with E-state index in [2.05, 4.69) is 51.3 Å². The number of benzene rings is 2. The van der Waals surface area contributed by atoms with Crippen LogP contribution in [0, 0.1) is 0 Å². The Labute approximate surface area is 231 Å². The molecule has 0 spiro atoms. The van der Waals surface area contributed by atoms with Crippen LogP contribution < -0.4 is 24.8 Å². The van der Waals surface area contributed by atoms with E-state index in [1.165, 1.54) is 0 Å². The second kappa shape index (κ2) is 10.9. The van der Waals surface area contributed by atoms with Gasteiger partial charge in [-0.1, -0.05) is 20.8 Å². The van der Waals surface area contributed by atoms with Crippen molar-refractivity contribution in [2.75, 3.05) is 24.9 Å². The molecular weight excluding hydrogens is 508 g/mol. The minimum absolute atomic E-state index is 0.236. The Balaban J connectivity index is 1.31. The summed E-state index contributed by atoms with van der Waals surface area (Å²) >= 11 is 0. The predicted octanol–water partition coefficient (Wildman–Crippen LogP) is 6.77. The predicted molar refractivity (Wildman–Crippen MR) is 155 cm³/mol. The number of hydrogen-bond donors (Lipinski definition) is 3. The maximum atomic E-state index is 12.9. The number of ether oxygens (including phenoxy) is 3. The molecule has 3 N–H and O–H groups in total.